The lowest BCUT2D eigenvalue weighted by molar-refractivity contribution is -0.115. The minimum absolute atomic E-state index is 0.0631. The second-order valence-electron chi connectivity index (χ2n) is 4.62. The van der Waals surface area contributed by atoms with Gasteiger partial charge in [-0.1, -0.05) is 0 Å². The molecule has 4 heteroatoms. The fraction of sp³-hybridized carbons (Fsp3) is 0.267. The van der Waals surface area contributed by atoms with Gasteiger partial charge in [0.05, 0.1) is 6.42 Å². The molecule has 0 aromatic carbocycles. The van der Waals surface area contributed by atoms with E-state index in [9.17, 15) is 4.79 Å². The molecule has 0 aliphatic rings. The molecule has 2 aromatic heterocycles. The maximum atomic E-state index is 12.0. The molecule has 1 amide bonds. The van der Waals surface area contributed by atoms with E-state index in [0.717, 1.165) is 28.2 Å². The van der Waals surface area contributed by atoms with Crippen molar-refractivity contribution in [3.63, 3.8) is 0 Å². The molecule has 0 spiro atoms. The quantitative estimate of drug-likeness (QED) is 0.917. The van der Waals surface area contributed by atoms with E-state index >= 15 is 0 Å². The van der Waals surface area contributed by atoms with Crippen LogP contribution in [0, 0.1) is 20.8 Å². The highest BCUT2D eigenvalue weighted by Gasteiger charge is 2.08. The minimum atomic E-state index is -0.0631. The standard InChI is InChI=1S/C15H17N3O/c1-10-4-6-17-13(8-10)9-15(19)18-14-5-7-16-12(3)11(14)2/h4-8H,9H2,1-3H3,(H,16,18,19). The zero-order valence-corrected chi connectivity index (χ0v) is 11.4. The molecule has 0 atom stereocenters. The number of nitrogens with zero attached hydrogens (tertiary/aromatic N) is 2. The molecule has 0 unspecified atom stereocenters. The first-order chi connectivity index (χ1) is 9.06. The van der Waals surface area contributed by atoms with E-state index in [4.69, 9.17) is 0 Å². The summed E-state index contributed by atoms with van der Waals surface area (Å²) in [7, 11) is 0. The van der Waals surface area contributed by atoms with Crippen LogP contribution in [0.2, 0.25) is 0 Å². The Kier molecular flexibility index (Phi) is 3.90. The van der Waals surface area contributed by atoms with E-state index in [-0.39, 0.29) is 12.3 Å². The molecule has 0 saturated heterocycles. The van der Waals surface area contributed by atoms with Crippen LogP contribution in [0.1, 0.15) is 22.5 Å². The van der Waals surface area contributed by atoms with E-state index in [2.05, 4.69) is 15.3 Å². The molecule has 19 heavy (non-hydrogen) atoms. The average molecular weight is 255 g/mol. The summed E-state index contributed by atoms with van der Waals surface area (Å²) in [5, 5.41) is 2.90. The maximum absolute atomic E-state index is 12.0. The molecule has 0 bridgehead atoms. The number of aryl methyl sites for hydroxylation is 2. The number of hydrogen-bond donors (Lipinski definition) is 1. The number of rotatable bonds is 3. The van der Waals surface area contributed by atoms with Crippen LogP contribution in [0.3, 0.4) is 0 Å². The molecule has 0 fully saturated rings. The minimum Gasteiger partial charge on any atom is -0.325 e. The van der Waals surface area contributed by atoms with Crippen molar-refractivity contribution in [1.82, 2.24) is 9.97 Å². The zero-order chi connectivity index (χ0) is 13.8. The second kappa shape index (κ2) is 5.61. The van der Waals surface area contributed by atoms with Gasteiger partial charge in [-0.2, -0.15) is 0 Å². The van der Waals surface area contributed by atoms with E-state index < -0.39 is 0 Å². The highest BCUT2D eigenvalue weighted by Crippen LogP contribution is 2.16. The number of carbonyl (C=O) groups excluding carboxylic acids is 1. The summed E-state index contributed by atoms with van der Waals surface area (Å²) in [5.74, 6) is -0.0631. The summed E-state index contributed by atoms with van der Waals surface area (Å²) in [4.78, 5) is 20.4. The maximum Gasteiger partial charge on any atom is 0.230 e. The van der Waals surface area contributed by atoms with Crippen molar-refractivity contribution in [3.8, 4) is 0 Å². The van der Waals surface area contributed by atoms with E-state index in [1.165, 1.54) is 0 Å². The average Bonchev–Trinajstić information content (AvgIpc) is 2.35. The fourth-order valence-corrected chi connectivity index (χ4v) is 1.83. The number of pyridine rings is 2. The van der Waals surface area contributed by atoms with Gasteiger partial charge >= 0.3 is 0 Å². The van der Waals surface area contributed by atoms with Gasteiger partial charge in [-0.05, 0) is 50.1 Å². The number of carbonyl (C=O) groups is 1. The highest BCUT2D eigenvalue weighted by atomic mass is 16.1. The first kappa shape index (κ1) is 13.2. The zero-order valence-electron chi connectivity index (χ0n) is 11.4. The van der Waals surface area contributed by atoms with Crippen LogP contribution in [-0.2, 0) is 11.2 Å². The number of anilines is 1. The van der Waals surface area contributed by atoms with Gasteiger partial charge in [0.1, 0.15) is 0 Å². The summed E-state index contributed by atoms with van der Waals surface area (Å²) >= 11 is 0. The summed E-state index contributed by atoms with van der Waals surface area (Å²) in [6.07, 6.45) is 3.70. The molecule has 98 valence electrons. The molecule has 2 rings (SSSR count). The van der Waals surface area contributed by atoms with Gasteiger partial charge in [-0.3, -0.25) is 14.8 Å². The summed E-state index contributed by atoms with van der Waals surface area (Å²) in [6.45, 7) is 5.86. The SMILES string of the molecule is Cc1ccnc(CC(=O)Nc2ccnc(C)c2C)c1. The van der Waals surface area contributed by atoms with E-state index in [1.807, 2.05) is 39.0 Å². The smallest absolute Gasteiger partial charge is 0.230 e. The first-order valence-corrected chi connectivity index (χ1v) is 6.20. The number of nitrogens with one attached hydrogen (secondary N) is 1. The summed E-state index contributed by atoms with van der Waals surface area (Å²) in [5.41, 5.74) is 4.61. The molecule has 2 aromatic rings. The van der Waals surface area contributed by atoms with Gasteiger partial charge in [0, 0.05) is 29.5 Å². The van der Waals surface area contributed by atoms with E-state index in [1.54, 1.807) is 12.4 Å². The van der Waals surface area contributed by atoms with Crippen molar-refractivity contribution in [2.75, 3.05) is 5.32 Å². The van der Waals surface area contributed by atoms with Gasteiger partial charge in [0.15, 0.2) is 0 Å². The Bertz CT molecular complexity index is 608. The Labute approximate surface area is 112 Å². The molecular weight excluding hydrogens is 238 g/mol. The molecule has 0 radical (unpaired) electrons. The molecule has 1 N–H and O–H groups in total. The Balaban J connectivity index is 2.08. The van der Waals surface area contributed by atoms with Crippen LogP contribution >= 0.6 is 0 Å². The fourth-order valence-electron chi connectivity index (χ4n) is 1.83. The lowest BCUT2D eigenvalue weighted by atomic mass is 10.1. The van der Waals surface area contributed by atoms with Crippen molar-refractivity contribution in [1.29, 1.82) is 0 Å². The van der Waals surface area contributed by atoms with Gasteiger partial charge < -0.3 is 5.32 Å². The number of hydrogen-bond acceptors (Lipinski definition) is 3. The van der Waals surface area contributed by atoms with Crippen LogP contribution in [0.15, 0.2) is 30.6 Å². The summed E-state index contributed by atoms with van der Waals surface area (Å²) < 4.78 is 0. The van der Waals surface area contributed by atoms with Gasteiger partial charge in [0.25, 0.3) is 0 Å². The Morgan fingerprint density at radius 1 is 1.16 bits per heavy atom. The van der Waals surface area contributed by atoms with Gasteiger partial charge in [0.2, 0.25) is 5.91 Å². The molecule has 0 aliphatic heterocycles. The lowest BCUT2D eigenvalue weighted by Gasteiger charge is -2.09. The monoisotopic (exact) mass is 255 g/mol. The molecule has 0 saturated carbocycles. The summed E-state index contributed by atoms with van der Waals surface area (Å²) in [6, 6.07) is 5.64. The Morgan fingerprint density at radius 3 is 2.63 bits per heavy atom. The largest absolute Gasteiger partial charge is 0.325 e. The van der Waals surface area contributed by atoms with Crippen molar-refractivity contribution in [3.05, 3.63) is 53.1 Å². The van der Waals surface area contributed by atoms with Crippen LogP contribution in [0.25, 0.3) is 0 Å². The van der Waals surface area contributed by atoms with Crippen LogP contribution in [0.4, 0.5) is 5.69 Å². The van der Waals surface area contributed by atoms with Gasteiger partial charge in [-0.15, -0.1) is 0 Å². The third-order valence-corrected chi connectivity index (χ3v) is 3.04. The van der Waals surface area contributed by atoms with Crippen molar-refractivity contribution >= 4 is 11.6 Å². The van der Waals surface area contributed by atoms with Crippen molar-refractivity contribution < 1.29 is 4.79 Å². The van der Waals surface area contributed by atoms with Crippen molar-refractivity contribution in [2.24, 2.45) is 0 Å². The predicted molar refractivity (Wildman–Crippen MR) is 75.0 cm³/mol. The van der Waals surface area contributed by atoms with Crippen LogP contribution in [0.5, 0.6) is 0 Å². The van der Waals surface area contributed by atoms with Crippen LogP contribution in [-0.4, -0.2) is 15.9 Å². The van der Waals surface area contributed by atoms with Crippen LogP contribution < -0.4 is 5.32 Å². The number of amides is 1. The topological polar surface area (TPSA) is 54.9 Å². The lowest BCUT2D eigenvalue weighted by Crippen LogP contribution is -2.16. The van der Waals surface area contributed by atoms with Gasteiger partial charge in [-0.25, -0.2) is 0 Å². The molecular formula is C15H17N3O. The predicted octanol–water partition coefficient (Wildman–Crippen LogP) is 2.58. The molecule has 2 heterocycles. The third-order valence-electron chi connectivity index (χ3n) is 3.04. The number of aromatic nitrogens is 2. The highest BCUT2D eigenvalue weighted by molar-refractivity contribution is 5.92. The Morgan fingerprint density at radius 2 is 1.89 bits per heavy atom. The second-order valence-corrected chi connectivity index (χ2v) is 4.62. The molecule has 4 nitrogen and oxygen atoms in total. The first-order valence-electron chi connectivity index (χ1n) is 6.20. The van der Waals surface area contributed by atoms with E-state index in [0.29, 0.717) is 0 Å². The Hall–Kier alpha value is -2.23. The normalized spacial score (nSPS) is 10.3. The molecule has 0 aliphatic carbocycles. The third kappa shape index (κ3) is 3.37. The van der Waals surface area contributed by atoms with Crippen molar-refractivity contribution in [2.45, 2.75) is 27.2 Å².